The van der Waals surface area contributed by atoms with Crippen LogP contribution in [0, 0.1) is 13.8 Å². The Bertz CT molecular complexity index is 794. The smallest absolute Gasteiger partial charge is 0.243 e. The Morgan fingerprint density at radius 2 is 1.89 bits per heavy atom. The first-order valence-electron chi connectivity index (χ1n) is 9.99. The van der Waals surface area contributed by atoms with Crippen LogP contribution in [0.1, 0.15) is 30.4 Å². The number of nitrogens with zero attached hydrogens (tertiary/aromatic N) is 2. The molecule has 2 N–H and O–H groups in total. The lowest BCUT2D eigenvalue weighted by molar-refractivity contribution is 0.195. The van der Waals surface area contributed by atoms with Crippen molar-refractivity contribution in [3.8, 4) is 0 Å². The highest BCUT2D eigenvalue weighted by molar-refractivity contribution is 7.89. The molecule has 28 heavy (non-hydrogen) atoms. The van der Waals surface area contributed by atoms with Crippen molar-refractivity contribution < 1.29 is 13.2 Å². The van der Waals surface area contributed by atoms with Gasteiger partial charge in [-0.05, 0) is 56.4 Å². The second-order valence-corrected chi connectivity index (χ2v) is 9.68. The van der Waals surface area contributed by atoms with Gasteiger partial charge in [0.15, 0.2) is 0 Å². The molecule has 3 rings (SSSR count). The first-order valence-corrected chi connectivity index (χ1v) is 11.4. The number of hydrogen-bond acceptors (Lipinski definition) is 6. The third-order valence-electron chi connectivity index (χ3n) is 5.53. The van der Waals surface area contributed by atoms with E-state index in [2.05, 4.69) is 10.6 Å². The molecule has 156 valence electrons. The van der Waals surface area contributed by atoms with Crippen molar-refractivity contribution in [3.63, 3.8) is 0 Å². The summed E-state index contributed by atoms with van der Waals surface area (Å²) in [6, 6.07) is 5.51. The molecule has 1 aromatic rings. The fourth-order valence-electron chi connectivity index (χ4n) is 4.10. The molecule has 0 aliphatic carbocycles. The Morgan fingerprint density at radius 1 is 1.21 bits per heavy atom. The van der Waals surface area contributed by atoms with Crippen LogP contribution in [-0.4, -0.2) is 70.5 Å². The zero-order valence-corrected chi connectivity index (χ0v) is 17.9. The molecule has 0 amide bonds. The van der Waals surface area contributed by atoms with Crippen LogP contribution < -0.4 is 10.6 Å². The monoisotopic (exact) mass is 408 g/mol. The summed E-state index contributed by atoms with van der Waals surface area (Å²) in [5.41, 5.74) is 1.69. The van der Waals surface area contributed by atoms with Crippen molar-refractivity contribution in [1.82, 2.24) is 14.9 Å². The fraction of sp³-hybridized carbons (Fsp3) is 0.650. The summed E-state index contributed by atoms with van der Waals surface area (Å²) < 4.78 is 33.0. The lowest BCUT2D eigenvalue weighted by Crippen LogP contribution is -2.64. The van der Waals surface area contributed by atoms with Gasteiger partial charge in [-0.25, -0.2) is 8.42 Å². The van der Waals surface area contributed by atoms with Gasteiger partial charge in [0.25, 0.3) is 0 Å². The molecule has 2 aliphatic rings. The zero-order chi connectivity index (χ0) is 20.2. The van der Waals surface area contributed by atoms with Crippen molar-refractivity contribution >= 4 is 15.9 Å². The highest BCUT2D eigenvalue weighted by Gasteiger charge is 2.43. The topological polar surface area (TPSA) is 83.0 Å². The summed E-state index contributed by atoms with van der Waals surface area (Å²) in [6.07, 6.45) is 2.35. The number of hydrogen-bond donors (Lipinski definition) is 2. The lowest BCUT2D eigenvalue weighted by atomic mass is 9.85. The van der Waals surface area contributed by atoms with Crippen molar-refractivity contribution in [2.45, 2.75) is 43.5 Å². The molecule has 0 bridgehead atoms. The Kier molecular flexibility index (Phi) is 6.75. The standard InChI is InChI=1S/C20H32N4O3S/c1-16-13-17(2)15-18(14-16)28(25,26)24-10-5-20(6-11-24)19(22-8-9-23-20)21-7-4-12-27-3/h13-15,23H,4-12H2,1-3H3,(H,21,22). The molecule has 0 radical (unpaired) electrons. The van der Waals surface area contributed by atoms with E-state index >= 15 is 0 Å². The minimum Gasteiger partial charge on any atom is -0.385 e. The van der Waals surface area contributed by atoms with Crippen molar-refractivity contribution in [1.29, 1.82) is 0 Å². The molecule has 1 aromatic carbocycles. The van der Waals surface area contributed by atoms with E-state index in [1.54, 1.807) is 23.5 Å². The number of methoxy groups -OCH3 is 1. The number of ether oxygens (including phenoxy) is 1. The van der Waals surface area contributed by atoms with Crippen LogP contribution >= 0.6 is 0 Å². The molecule has 1 saturated heterocycles. The molecule has 2 heterocycles. The second kappa shape index (κ2) is 8.90. The van der Waals surface area contributed by atoms with E-state index in [0.717, 1.165) is 43.0 Å². The van der Waals surface area contributed by atoms with Crippen LogP contribution in [-0.2, 0) is 14.8 Å². The van der Waals surface area contributed by atoms with Crippen molar-refractivity contribution in [2.75, 3.05) is 46.4 Å². The Hall–Kier alpha value is -1.48. The average molecular weight is 409 g/mol. The van der Waals surface area contributed by atoms with Gasteiger partial charge in [-0.3, -0.25) is 4.99 Å². The maximum atomic E-state index is 13.1. The molecule has 1 fully saturated rings. The predicted molar refractivity (Wildman–Crippen MR) is 111 cm³/mol. The summed E-state index contributed by atoms with van der Waals surface area (Å²) in [6.45, 7) is 7.93. The van der Waals surface area contributed by atoms with Crippen molar-refractivity contribution in [2.24, 2.45) is 4.99 Å². The van der Waals surface area contributed by atoms with Gasteiger partial charge in [-0.1, -0.05) is 6.07 Å². The van der Waals surface area contributed by atoms with E-state index in [-0.39, 0.29) is 5.54 Å². The summed E-state index contributed by atoms with van der Waals surface area (Å²) in [7, 11) is -1.77. The van der Waals surface area contributed by atoms with E-state index in [1.807, 2.05) is 19.9 Å². The van der Waals surface area contributed by atoms with Gasteiger partial charge in [0.1, 0.15) is 5.84 Å². The minimum absolute atomic E-state index is 0.250. The number of amidine groups is 1. The van der Waals surface area contributed by atoms with E-state index in [4.69, 9.17) is 9.73 Å². The van der Waals surface area contributed by atoms with Crippen LogP contribution in [0.15, 0.2) is 28.1 Å². The van der Waals surface area contributed by atoms with Crippen LogP contribution in [0.25, 0.3) is 0 Å². The normalized spacial score (nSPS) is 20.2. The number of aliphatic imine (C=N–C) groups is 1. The van der Waals surface area contributed by atoms with Gasteiger partial charge in [0, 0.05) is 39.9 Å². The number of benzene rings is 1. The van der Waals surface area contributed by atoms with Gasteiger partial charge in [-0.15, -0.1) is 0 Å². The maximum Gasteiger partial charge on any atom is 0.243 e. The van der Waals surface area contributed by atoms with Crippen molar-refractivity contribution in [3.05, 3.63) is 29.3 Å². The molecule has 0 atom stereocenters. The number of piperidine rings is 1. The number of aryl methyl sites for hydroxylation is 2. The van der Waals surface area contributed by atoms with Crippen LogP contribution in [0.2, 0.25) is 0 Å². The van der Waals surface area contributed by atoms with Crippen LogP contribution in [0.5, 0.6) is 0 Å². The number of sulfonamides is 1. The Morgan fingerprint density at radius 3 is 2.54 bits per heavy atom. The molecular formula is C20H32N4O3S. The highest BCUT2D eigenvalue weighted by Crippen LogP contribution is 2.29. The highest BCUT2D eigenvalue weighted by atomic mass is 32.2. The van der Waals surface area contributed by atoms with E-state index in [0.29, 0.717) is 37.4 Å². The maximum absolute atomic E-state index is 13.1. The third-order valence-corrected chi connectivity index (χ3v) is 7.40. The largest absolute Gasteiger partial charge is 0.385 e. The fourth-order valence-corrected chi connectivity index (χ4v) is 5.73. The molecule has 0 saturated carbocycles. The quantitative estimate of drug-likeness (QED) is 0.697. The first-order chi connectivity index (χ1) is 13.4. The SMILES string of the molecule is COCCCNC1=NCCNC12CCN(S(=O)(=O)c1cc(C)cc(C)c1)CC2. The molecule has 8 heteroatoms. The predicted octanol–water partition coefficient (Wildman–Crippen LogP) is 1.45. The molecule has 1 spiro atoms. The first kappa shape index (κ1) is 21.2. The minimum atomic E-state index is -3.48. The Labute approximate surface area is 168 Å². The third kappa shape index (κ3) is 4.56. The number of rotatable bonds is 6. The van der Waals surface area contributed by atoms with Gasteiger partial charge < -0.3 is 15.4 Å². The second-order valence-electron chi connectivity index (χ2n) is 7.74. The molecule has 2 aliphatic heterocycles. The molecule has 0 aromatic heterocycles. The van der Waals surface area contributed by atoms with E-state index in [9.17, 15) is 8.42 Å². The van der Waals surface area contributed by atoms with E-state index in [1.165, 1.54) is 0 Å². The summed E-state index contributed by atoms with van der Waals surface area (Å²) in [5.74, 6) is 0.971. The molecule has 7 nitrogen and oxygen atoms in total. The number of nitrogens with one attached hydrogen (secondary N) is 2. The van der Waals surface area contributed by atoms with Gasteiger partial charge in [0.05, 0.1) is 17.0 Å². The van der Waals surface area contributed by atoms with Crippen LogP contribution in [0.3, 0.4) is 0 Å². The van der Waals surface area contributed by atoms with Gasteiger partial charge in [0.2, 0.25) is 10.0 Å². The summed E-state index contributed by atoms with van der Waals surface area (Å²) >= 11 is 0. The van der Waals surface area contributed by atoms with E-state index < -0.39 is 10.0 Å². The van der Waals surface area contributed by atoms with Gasteiger partial charge in [-0.2, -0.15) is 4.31 Å². The average Bonchev–Trinajstić information content (AvgIpc) is 2.66. The van der Waals surface area contributed by atoms with Crippen LogP contribution in [0.4, 0.5) is 0 Å². The summed E-state index contributed by atoms with van der Waals surface area (Å²) in [4.78, 5) is 5.10. The summed E-state index contributed by atoms with van der Waals surface area (Å²) in [5, 5.41) is 7.07. The molecular weight excluding hydrogens is 376 g/mol. The van der Waals surface area contributed by atoms with Gasteiger partial charge >= 0.3 is 0 Å². The zero-order valence-electron chi connectivity index (χ0n) is 17.1. The Balaban J connectivity index is 1.70. The molecule has 0 unspecified atom stereocenters. The lowest BCUT2D eigenvalue weighted by Gasteiger charge is -2.44.